The van der Waals surface area contributed by atoms with E-state index in [4.69, 9.17) is 9.47 Å². The highest BCUT2D eigenvalue weighted by Crippen LogP contribution is 2.29. The van der Waals surface area contributed by atoms with Crippen LogP contribution >= 0.6 is 0 Å². The van der Waals surface area contributed by atoms with Crippen molar-refractivity contribution in [1.29, 1.82) is 0 Å². The Balaban J connectivity index is 1.37. The molecule has 3 aromatic rings. The molecule has 0 radical (unpaired) electrons. The molecule has 41 heavy (non-hydrogen) atoms. The molecule has 1 fully saturated rings. The van der Waals surface area contributed by atoms with E-state index in [1.165, 1.54) is 6.33 Å². The Labute approximate surface area is 240 Å². The van der Waals surface area contributed by atoms with E-state index in [1.54, 1.807) is 4.90 Å². The van der Waals surface area contributed by atoms with Crippen molar-refractivity contribution in [1.82, 2.24) is 24.8 Å². The van der Waals surface area contributed by atoms with E-state index in [2.05, 4.69) is 20.6 Å². The summed E-state index contributed by atoms with van der Waals surface area (Å²) in [6.45, 7) is 9.41. The first-order valence-electron chi connectivity index (χ1n) is 13.5. The average Bonchev–Trinajstić information content (AvgIpc) is 3.28. The molecular weight excluding hydrogens is 548 g/mol. The molecule has 2 aromatic heterocycles. The van der Waals surface area contributed by atoms with Crippen molar-refractivity contribution in [3.05, 3.63) is 42.4 Å². The number of sulfone groups is 1. The Bertz CT molecular complexity index is 1510. The smallest absolute Gasteiger partial charge is 0.410 e. The van der Waals surface area contributed by atoms with Crippen molar-refractivity contribution in [2.24, 2.45) is 0 Å². The monoisotopic (exact) mass is 586 g/mol. The highest BCUT2D eigenvalue weighted by molar-refractivity contribution is 7.91. The minimum absolute atomic E-state index is 0.00823. The molecule has 1 aliphatic rings. The fraction of sp³-hybridized carbons (Fsp3) is 0.500. The van der Waals surface area contributed by atoms with Crippen LogP contribution in [0.15, 0.2) is 36.8 Å². The number of hydrogen-bond acceptors (Lipinski definition) is 9. The number of nitrogens with one attached hydrogen (secondary N) is 2. The number of likely N-dealkylation sites (tertiary alicyclic amines) is 1. The van der Waals surface area contributed by atoms with Crippen LogP contribution in [0.2, 0.25) is 0 Å². The van der Waals surface area contributed by atoms with Crippen molar-refractivity contribution in [2.45, 2.75) is 58.8 Å². The number of ether oxygens (including phenoxy) is 2. The van der Waals surface area contributed by atoms with Crippen LogP contribution in [0.4, 0.5) is 16.3 Å². The number of anilines is 2. The van der Waals surface area contributed by atoms with Gasteiger partial charge in [0.25, 0.3) is 0 Å². The number of nitrogens with zero attached hydrogens (tertiary/aromatic N) is 4. The minimum atomic E-state index is -3.39. The molecule has 0 unspecified atom stereocenters. The molecule has 1 aromatic carbocycles. The number of carbonyl (C=O) groups is 2. The molecule has 1 saturated heterocycles. The van der Waals surface area contributed by atoms with Crippen LogP contribution in [0.3, 0.4) is 0 Å². The summed E-state index contributed by atoms with van der Waals surface area (Å²) in [6, 6.07) is 7.69. The van der Waals surface area contributed by atoms with Crippen molar-refractivity contribution >= 4 is 44.4 Å². The number of fused-ring (bicyclic) bond motifs is 1. The molecule has 0 atom stereocenters. The van der Waals surface area contributed by atoms with Crippen molar-refractivity contribution in [3.63, 3.8) is 0 Å². The van der Waals surface area contributed by atoms with Gasteiger partial charge in [-0.3, -0.25) is 4.79 Å². The second-order valence-electron chi connectivity index (χ2n) is 11.3. The molecule has 0 spiro atoms. The summed E-state index contributed by atoms with van der Waals surface area (Å²) in [7, 11) is -3.39. The fourth-order valence-electron chi connectivity index (χ4n) is 4.57. The Morgan fingerprint density at radius 2 is 1.85 bits per heavy atom. The van der Waals surface area contributed by atoms with Crippen molar-refractivity contribution in [2.75, 3.05) is 37.0 Å². The molecule has 13 heteroatoms. The second kappa shape index (κ2) is 12.3. The summed E-state index contributed by atoms with van der Waals surface area (Å²) in [5, 5.41) is 6.00. The number of benzene rings is 1. The topological polar surface area (TPSA) is 145 Å². The number of aryl methyl sites for hydroxylation is 1. The van der Waals surface area contributed by atoms with Gasteiger partial charge in [0.15, 0.2) is 15.7 Å². The van der Waals surface area contributed by atoms with Gasteiger partial charge in [0.05, 0.1) is 5.52 Å². The molecule has 4 rings (SSSR count). The van der Waals surface area contributed by atoms with Crippen LogP contribution in [0, 0.1) is 6.92 Å². The van der Waals surface area contributed by atoms with Crippen LogP contribution in [0.1, 0.15) is 39.2 Å². The molecule has 12 nitrogen and oxygen atoms in total. The van der Waals surface area contributed by atoms with E-state index < -0.39 is 27.1 Å². The van der Waals surface area contributed by atoms with Crippen LogP contribution in [-0.2, 0) is 25.9 Å². The Hall–Kier alpha value is -3.87. The van der Waals surface area contributed by atoms with Gasteiger partial charge in [-0.2, -0.15) is 0 Å². The first-order valence-corrected chi connectivity index (χ1v) is 15.6. The highest BCUT2D eigenvalue weighted by atomic mass is 32.2. The number of piperidine rings is 1. The maximum Gasteiger partial charge on any atom is 0.410 e. The van der Waals surface area contributed by atoms with Crippen LogP contribution in [-0.4, -0.2) is 83.2 Å². The normalized spacial score (nSPS) is 14.6. The SMILES string of the molecule is Cc1cc(Nc2ncnc3ccn(CCNC(=O)CS(C)(=O)=O)c23)ccc1OC1CCN(C(=O)OC(C)(C)C)CC1. The molecule has 0 aliphatic carbocycles. The predicted octanol–water partition coefficient (Wildman–Crippen LogP) is 3.42. The third-order valence-electron chi connectivity index (χ3n) is 6.44. The maximum absolute atomic E-state index is 12.3. The van der Waals surface area contributed by atoms with E-state index in [1.807, 2.05) is 62.7 Å². The summed E-state index contributed by atoms with van der Waals surface area (Å²) < 4.78 is 36.3. The van der Waals surface area contributed by atoms with Gasteiger partial charge in [0.1, 0.15) is 35.1 Å². The third kappa shape index (κ3) is 8.56. The molecule has 2 amide bonds. The molecule has 0 bridgehead atoms. The van der Waals surface area contributed by atoms with Gasteiger partial charge in [-0.15, -0.1) is 0 Å². The summed E-state index contributed by atoms with van der Waals surface area (Å²) in [6.07, 6.45) is 5.53. The summed E-state index contributed by atoms with van der Waals surface area (Å²) in [5.74, 6) is 0.307. The maximum atomic E-state index is 12.3. The summed E-state index contributed by atoms with van der Waals surface area (Å²) in [5.41, 5.74) is 2.76. The van der Waals surface area contributed by atoms with Crippen molar-refractivity contribution < 1.29 is 27.5 Å². The minimum Gasteiger partial charge on any atom is -0.490 e. The lowest BCUT2D eigenvalue weighted by atomic mass is 10.1. The van der Waals surface area contributed by atoms with Crippen LogP contribution in [0.5, 0.6) is 5.75 Å². The molecular formula is C28H38N6O6S. The number of hydrogen-bond donors (Lipinski definition) is 2. The lowest BCUT2D eigenvalue weighted by Gasteiger charge is -2.33. The van der Waals surface area contributed by atoms with E-state index in [9.17, 15) is 18.0 Å². The Kier molecular flexibility index (Phi) is 9.05. The van der Waals surface area contributed by atoms with Crippen LogP contribution in [0.25, 0.3) is 11.0 Å². The number of carbonyl (C=O) groups excluding carboxylic acids is 2. The zero-order chi connectivity index (χ0) is 29.8. The van der Waals surface area contributed by atoms with Crippen molar-refractivity contribution in [3.8, 4) is 5.75 Å². The predicted molar refractivity (Wildman–Crippen MR) is 156 cm³/mol. The van der Waals surface area contributed by atoms with Gasteiger partial charge in [-0.1, -0.05) is 0 Å². The van der Waals surface area contributed by atoms with E-state index >= 15 is 0 Å². The number of rotatable bonds is 9. The highest BCUT2D eigenvalue weighted by Gasteiger charge is 2.28. The van der Waals surface area contributed by atoms with Gasteiger partial charge < -0.3 is 29.6 Å². The van der Waals surface area contributed by atoms with Gasteiger partial charge in [0, 0.05) is 57.2 Å². The number of aromatic nitrogens is 3. The van der Waals surface area contributed by atoms with Gasteiger partial charge in [-0.25, -0.2) is 23.2 Å². The summed E-state index contributed by atoms with van der Waals surface area (Å²) in [4.78, 5) is 34.7. The Morgan fingerprint density at radius 1 is 1.12 bits per heavy atom. The first kappa shape index (κ1) is 30.1. The van der Waals surface area contributed by atoms with Gasteiger partial charge in [0.2, 0.25) is 5.91 Å². The summed E-state index contributed by atoms with van der Waals surface area (Å²) >= 11 is 0. The van der Waals surface area contributed by atoms with E-state index in [0.29, 0.717) is 25.5 Å². The molecule has 3 heterocycles. The van der Waals surface area contributed by atoms with Crippen LogP contribution < -0.4 is 15.4 Å². The molecule has 222 valence electrons. The average molecular weight is 587 g/mol. The molecule has 0 saturated carbocycles. The largest absolute Gasteiger partial charge is 0.490 e. The number of amides is 2. The van der Waals surface area contributed by atoms with E-state index in [0.717, 1.165) is 47.1 Å². The zero-order valence-electron chi connectivity index (χ0n) is 24.1. The second-order valence-corrected chi connectivity index (χ2v) is 13.4. The van der Waals surface area contributed by atoms with Gasteiger partial charge in [-0.05, 0) is 57.5 Å². The third-order valence-corrected chi connectivity index (χ3v) is 7.23. The lowest BCUT2D eigenvalue weighted by molar-refractivity contribution is -0.118. The quantitative estimate of drug-likeness (QED) is 0.385. The molecule has 2 N–H and O–H groups in total. The standard InChI is InChI=1S/C28H38N6O6S/c1-19-16-20(6-7-23(19)39-21-8-12-34(13-9-21)27(36)40-28(2,3)4)32-26-25-22(30-18-31-26)10-14-33(25)15-11-29-24(35)17-41(5,37)38/h6-7,10,14,16,18,21H,8-9,11-13,15,17H2,1-5H3,(H,29,35)(H,30,31,32). The first-order chi connectivity index (χ1) is 19.3. The lowest BCUT2D eigenvalue weighted by Crippen LogP contribution is -2.44. The Morgan fingerprint density at radius 3 is 2.51 bits per heavy atom. The fourth-order valence-corrected chi connectivity index (χ4v) is 5.15. The van der Waals surface area contributed by atoms with Gasteiger partial charge >= 0.3 is 6.09 Å². The molecule has 1 aliphatic heterocycles. The van der Waals surface area contributed by atoms with E-state index in [-0.39, 0.29) is 18.7 Å². The zero-order valence-corrected chi connectivity index (χ0v) is 25.0.